The van der Waals surface area contributed by atoms with Crippen LogP contribution < -0.4 is 16.4 Å². The number of nitrogens with two attached hydrogens (primary N) is 1. The Kier molecular flexibility index (Phi) is 15.1. The smallest absolute Gasteiger partial charge is 0.341 e. The fourth-order valence-electron chi connectivity index (χ4n) is 3.12. The van der Waals surface area contributed by atoms with Crippen molar-refractivity contribution in [3.63, 3.8) is 0 Å². The Morgan fingerprint density at radius 2 is 1.21 bits per heavy atom. The van der Waals surface area contributed by atoms with Crippen LogP contribution in [0.15, 0.2) is 14.5 Å². The Morgan fingerprint density at radius 1 is 0.769 bits per heavy atom. The number of aryl methyl sites for hydroxylation is 2. The molecule has 0 saturated heterocycles. The van der Waals surface area contributed by atoms with E-state index in [-0.39, 0.29) is 17.9 Å². The van der Waals surface area contributed by atoms with Crippen molar-refractivity contribution in [3.05, 3.63) is 47.9 Å². The first kappa shape index (κ1) is 34.4. The number of hydrogen-bond donors (Lipinski definition) is 3. The van der Waals surface area contributed by atoms with Gasteiger partial charge >= 0.3 is 17.9 Å². The summed E-state index contributed by atoms with van der Waals surface area (Å²) in [6, 6.07) is 0. The zero-order chi connectivity index (χ0) is 29.7. The lowest BCUT2D eigenvalue weighted by molar-refractivity contribution is 0.0517. The zero-order valence-corrected chi connectivity index (χ0v) is 27.4. The zero-order valence-electron chi connectivity index (χ0n) is 23.4. The van der Waals surface area contributed by atoms with E-state index in [1.807, 2.05) is 31.5 Å². The number of ether oxygens (including phenoxy) is 3. The summed E-state index contributed by atoms with van der Waals surface area (Å²) in [5.41, 5.74) is 10.2. The van der Waals surface area contributed by atoms with E-state index in [1.165, 1.54) is 34.0 Å². The first-order valence-electron chi connectivity index (χ1n) is 12.1. The monoisotopic (exact) mass is 661 g/mol. The van der Waals surface area contributed by atoms with Gasteiger partial charge in [0.1, 0.15) is 15.0 Å². The van der Waals surface area contributed by atoms with Crippen molar-refractivity contribution in [3.8, 4) is 0 Å². The SMILES string of the molecule is CCOC(=O)c1c(C)csc1N.CCOC(=O)c1c(C)csc1NC.CCOC(=O)c1c(NC)sc(Br)c1C. The molecule has 0 unspecified atom stereocenters. The number of carbonyl (C=O) groups excluding carboxylic acids is 3. The molecule has 0 aliphatic carbocycles. The molecule has 0 spiro atoms. The molecule has 3 rings (SSSR count). The molecular weight excluding hydrogens is 626 g/mol. The number of hydrogen-bond acceptors (Lipinski definition) is 12. The molecule has 9 nitrogen and oxygen atoms in total. The van der Waals surface area contributed by atoms with Gasteiger partial charge in [0, 0.05) is 14.1 Å². The minimum absolute atomic E-state index is 0.245. The average Bonchev–Trinajstić information content (AvgIpc) is 3.54. The van der Waals surface area contributed by atoms with Gasteiger partial charge in [-0.15, -0.1) is 34.0 Å². The van der Waals surface area contributed by atoms with Crippen molar-refractivity contribution in [2.75, 3.05) is 50.3 Å². The third kappa shape index (κ3) is 9.52. The quantitative estimate of drug-likeness (QED) is 0.170. The lowest BCUT2D eigenvalue weighted by Crippen LogP contribution is -2.07. The van der Waals surface area contributed by atoms with Crippen molar-refractivity contribution < 1.29 is 28.6 Å². The molecule has 0 amide bonds. The predicted molar refractivity (Wildman–Crippen MR) is 166 cm³/mol. The fraction of sp³-hybridized carbons (Fsp3) is 0.423. The minimum atomic E-state index is -0.325. The van der Waals surface area contributed by atoms with Crippen molar-refractivity contribution >= 4 is 82.9 Å². The fourth-order valence-corrected chi connectivity index (χ4v) is 6.36. The molecule has 0 aliphatic rings. The number of thiophene rings is 3. The van der Waals surface area contributed by atoms with E-state index in [1.54, 1.807) is 34.9 Å². The second-order valence-electron chi connectivity index (χ2n) is 7.65. The lowest BCUT2D eigenvalue weighted by Gasteiger charge is -2.03. The molecule has 13 heteroatoms. The molecule has 0 saturated carbocycles. The first-order chi connectivity index (χ1) is 18.5. The minimum Gasteiger partial charge on any atom is -0.462 e. The standard InChI is InChI=1S/C9H12BrNO2S.C9H13NO2S.C8H11NO2S/c1-4-13-9(12)6-5(2)7(10)14-8(6)11-3;1-4-12-9(11)7-6(2)5-13-8(7)10-3;1-3-11-8(10)6-5(2)4-12-7(6)9/h11H,4H2,1-3H3;5,10H,4H2,1-3H3;4H,3,9H2,1-2H3. The van der Waals surface area contributed by atoms with Crippen LogP contribution >= 0.6 is 49.9 Å². The van der Waals surface area contributed by atoms with E-state index >= 15 is 0 Å². The van der Waals surface area contributed by atoms with Crippen LogP contribution in [0.4, 0.5) is 15.0 Å². The summed E-state index contributed by atoms with van der Waals surface area (Å²) in [7, 11) is 3.59. The summed E-state index contributed by atoms with van der Waals surface area (Å²) in [6.07, 6.45) is 0. The van der Waals surface area contributed by atoms with E-state index in [0.717, 1.165) is 30.5 Å². The van der Waals surface area contributed by atoms with E-state index in [0.29, 0.717) is 41.5 Å². The summed E-state index contributed by atoms with van der Waals surface area (Å²) in [5, 5.41) is 12.0. The Hall–Kier alpha value is -2.61. The van der Waals surface area contributed by atoms with E-state index in [2.05, 4.69) is 26.6 Å². The molecule has 0 atom stereocenters. The van der Waals surface area contributed by atoms with Gasteiger partial charge in [-0.25, -0.2) is 14.4 Å². The Morgan fingerprint density at radius 3 is 1.64 bits per heavy atom. The maximum atomic E-state index is 11.6. The lowest BCUT2D eigenvalue weighted by atomic mass is 10.2. The van der Waals surface area contributed by atoms with Crippen LogP contribution in [0.1, 0.15) is 68.5 Å². The third-order valence-electron chi connectivity index (χ3n) is 4.96. The molecule has 0 aliphatic heterocycles. The number of esters is 3. The van der Waals surface area contributed by atoms with Gasteiger partial charge in [0.15, 0.2) is 0 Å². The number of anilines is 3. The molecule has 216 valence electrons. The van der Waals surface area contributed by atoms with Crippen molar-refractivity contribution in [1.82, 2.24) is 0 Å². The summed E-state index contributed by atoms with van der Waals surface area (Å²) >= 11 is 7.78. The number of carbonyl (C=O) groups is 3. The van der Waals surface area contributed by atoms with Gasteiger partial charge in [0.2, 0.25) is 0 Å². The average molecular weight is 663 g/mol. The molecular formula is C26H36BrN3O6S3. The normalized spacial score (nSPS) is 9.87. The van der Waals surface area contributed by atoms with E-state index in [9.17, 15) is 14.4 Å². The Bertz CT molecular complexity index is 1230. The van der Waals surface area contributed by atoms with Crippen LogP contribution in [0.5, 0.6) is 0 Å². The van der Waals surface area contributed by atoms with Gasteiger partial charge < -0.3 is 30.6 Å². The molecule has 3 aromatic rings. The highest BCUT2D eigenvalue weighted by molar-refractivity contribution is 9.11. The van der Waals surface area contributed by atoms with Crippen LogP contribution in [0.25, 0.3) is 0 Å². The van der Waals surface area contributed by atoms with Crippen LogP contribution in [0.3, 0.4) is 0 Å². The number of nitrogen functional groups attached to an aromatic ring is 1. The molecule has 0 aromatic carbocycles. The second kappa shape index (κ2) is 17.2. The van der Waals surface area contributed by atoms with Crippen LogP contribution in [0.2, 0.25) is 0 Å². The second-order valence-corrected chi connectivity index (χ2v) is 11.8. The van der Waals surface area contributed by atoms with Gasteiger partial charge in [-0.2, -0.15) is 0 Å². The largest absolute Gasteiger partial charge is 0.462 e. The molecule has 4 N–H and O–H groups in total. The number of halogens is 1. The van der Waals surface area contributed by atoms with Crippen LogP contribution in [-0.4, -0.2) is 51.8 Å². The van der Waals surface area contributed by atoms with Crippen molar-refractivity contribution in [2.45, 2.75) is 41.5 Å². The highest BCUT2D eigenvalue weighted by atomic mass is 79.9. The van der Waals surface area contributed by atoms with Gasteiger partial charge in [-0.3, -0.25) is 0 Å². The maximum Gasteiger partial charge on any atom is 0.341 e. The highest BCUT2D eigenvalue weighted by Gasteiger charge is 2.20. The molecule has 0 fully saturated rings. The van der Waals surface area contributed by atoms with Gasteiger partial charge in [-0.1, -0.05) is 0 Å². The van der Waals surface area contributed by atoms with Gasteiger partial charge in [-0.05, 0) is 84.9 Å². The van der Waals surface area contributed by atoms with Crippen molar-refractivity contribution in [2.24, 2.45) is 0 Å². The Balaban J connectivity index is 0.000000293. The van der Waals surface area contributed by atoms with Crippen LogP contribution in [0, 0.1) is 20.8 Å². The van der Waals surface area contributed by atoms with Crippen LogP contribution in [-0.2, 0) is 14.2 Å². The third-order valence-corrected chi connectivity index (χ3v) is 9.18. The highest BCUT2D eigenvalue weighted by Crippen LogP contribution is 2.36. The summed E-state index contributed by atoms with van der Waals surface area (Å²) < 4.78 is 15.7. The molecule has 0 bridgehead atoms. The van der Waals surface area contributed by atoms with Gasteiger partial charge in [0.25, 0.3) is 0 Å². The molecule has 39 heavy (non-hydrogen) atoms. The Labute approximate surface area is 250 Å². The maximum absolute atomic E-state index is 11.6. The number of nitrogens with one attached hydrogen (secondary N) is 2. The summed E-state index contributed by atoms with van der Waals surface area (Å²) in [5.74, 6) is -0.837. The number of rotatable bonds is 8. The first-order valence-corrected chi connectivity index (χ1v) is 15.4. The van der Waals surface area contributed by atoms with E-state index in [4.69, 9.17) is 19.9 Å². The topological polar surface area (TPSA) is 129 Å². The summed E-state index contributed by atoms with van der Waals surface area (Å²) in [6.45, 7) is 12.2. The molecule has 3 heterocycles. The van der Waals surface area contributed by atoms with E-state index < -0.39 is 0 Å². The van der Waals surface area contributed by atoms with Crippen molar-refractivity contribution in [1.29, 1.82) is 0 Å². The molecule has 3 aromatic heterocycles. The van der Waals surface area contributed by atoms with Gasteiger partial charge in [0.05, 0.1) is 40.3 Å². The molecule has 0 radical (unpaired) electrons. The summed E-state index contributed by atoms with van der Waals surface area (Å²) in [4.78, 5) is 34.3. The predicted octanol–water partition coefficient (Wildman–Crippen LogP) is 7.13.